The highest BCUT2D eigenvalue weighted by atomic mass is 32.2. The van der Waals surface area contributed by atoms with Crippen molar-refractivity contribution in [1.29, 1.82) is 0 Å². The second kappa shape index (κ2) is 10.6. The SMILES string of the molecule is Cc1cc(C)cc(NC(=O)CSc2nc(Nc3ccccc3)nc(Nc3ccccc3)n2)c1. The van der Waals surface area contributed by atoms with Crippen LogP contribution in [-0.4, -0.2) is 26.6 Å². The smallest absolute Gasteiger partial charge is 0.234 e. The molecule has 0 aliphatic heterocycles. The van der Waals surface area contributed by atoms with E-state index < -0.39 is 0 Å². The second-order valence-electron chi connectivity index (χ2n) is 7.46. The van der Waals surface area contributed by atoms with E-state index in [-0.39, 0.29) is 11.7 Å². The van der Waals surface area contributed by atoms with Crippen molar-refractivity contribution in [2.75, 3.05) is 21.7 Å². The Morgan fingerprint density at radius 2 is 1.24 bits per heavy atom. The molecule has 0 aliphatic carbocycles. The van der Waals surface area contributed by atoms with E-state index in [4.69, 9.17) is 0 Å². The van der Waals surface area contributed by atoms with Crippen LogP contribution in [0, 0.1) is 13.8 Å². The minimum atomic E-state index is -0.124. The van der Waals surface area contributed by atoms with Crippen molar-refractivity contribution in [2.45, 2.75) is 19.0 Å². The Balaban J connectivity index is 1.49. The lowest BCUT2D eigenvalue weighted by Gasteiger charge is -2.11. The van der Waals surface area contributed by atoms with Crippen molar-refractivity contribution in [3.05, 3.63) is 90.0 Å². The van der Waals surface area contributed by atoms with E-state index in [1.807, 2.05) is 86.6 Å². The minimum Gasteiger partial charge on any atom is -0.325 e. The average Bonchev–Trinajstić information content (AvgIpc) is 2.78. The summed E-state index contributed by atoms with van der Waals surface area (Å²) in [6.45, 7) is 4.01. The molecule has 0 unspecified atom stereocenters. The third-order valence-corrected chi connectivity index (χ3v) is 5.36. The van der Waals surface area contributed by atoms with Crippen molar-refractivity contribution in [1.82, 2.24) is 15.0 Å². The first-order chi connectivity index (χ1) is 16.0. The Kier molecular flexibility index (Phi) is 7.16. The molecule has 8 heteroatoms. The van der Waals surface area contributed by atoms with Crippen molar-refractivity contribution in [2.24, 2.45) is 0 Å². The van der Waals surface area contributed by atoms with Crippen LogP contribution in [0.15, 0.2) is 84.0 Å². The van der Waals surface area contributed by atoms with Gasteiger partial charge in [-0.3, -0.25) is 4.79 Å². The molecule has 7 nitrogen and oxygen atoms in total. The van der Waals surface area contributed by atoms with Gasteiger partial charge in [0.2, 0.25) is 17.8 Å². The van der Waals surface area contributed by atoms with Gasteiger partial charge >= 0.3 is 0 Å². The molecule has 3 aromatic carbocycles. The summed E-state index contributed by atoms with van der Waals surface area (Å²) in [5.41, 5.74) is 4.70. The number of para-hydroxylation sites is 2. The fourth-order valence-corrected chi connectivity index (χ4v) is 3.84. The summed E-state index contributed by atoms with van der Waals surface area (Å²) >= 11 is 1.25. The zero-order valence-corrected chi connectivity index (χ0v) is 19.2. The number of hydrogen-bond acceptors (Lipinski definition) is 7. The predicted octanol–water partition coefficient (Wildman–Crippen LogP) is 5.71. The van der Waals surface area contributed by atoms with Crippen LogP contribution in [0.4, 0.5) is 29.0 Å². The van der Waals surface area contributed by atoms with Crippen LogP contribution in [-0.2, 0) is 4.79 Å². The van der Waals surface area contributed by atoms with Gasteiger partial charge in [0.15, 0.2) is 5.16 Å². The fraction of sp³-hybridized carbons (Fsp3) is 0.120. The van der Waals surface area contributed by atoms with Crippen LogP contribution >= 0.6 is 11.8 Å². The van der Waals surface area contributed by atoms with Gasteiger partial charge in [0.25, 0.3) is 0 Å². The molecule has 1 heterocycles. The van der Waals surface area contributed by atoms with Crippen LogP contribution in [0.2, 0.25) is 0 Å². The minimum absolute atomic E-state index is 0.124. The normalized spacial score (nSPS) is 10.5. The summed E-state index contributed by atoms with van der Waals surface area (Å²) in [5, 5.41) is 9.77. The molecule has 0 fully saturated rings. The Hall–Kier alpha value is -3.91. The van der Waals surface area contributed by atoms with Gasteiger partial charge in [-0.2, -0.15) is 15.0 Å². The van der Waals surface area contributed by atoms with Gasteiger partial charge in [-0.05, 0) is 61.4 Å². The van der Waals surface area contributed by atoms with Gasteiger partial charge < -0.3 is 16.0 Å². The Morgan fingerprint density at radius 1 is 0.727 bits per heavy atom. The molecule has 4 aromatic rings. The molecule has 33 heavy (non-hydrogen) atoms. The van der Waals surface area contributed by atoms with Crippen LogP contribution in [0.3, 0.4) is 0 Å². The lowest BCUT2D eigenvalue weighted by molar-refractivity contribution is -0.113. The van der Waals surface area contributed by atoms with Crippen LogP contribution < -0.4 is 16.0 Å². The molecule has 166 valence electrons. The molecular formula is C25H24N6OS. The average molecular weight is 457 g/mol. The number of aromatic nitrogens is 3. The van der Waals surface area contributed by atoms with Gasteiger partial charge in [0, 0.05) is 17.1 Å². The molecule has 0 saturated heterocycles. The van der Waals surface area contributed by atoms with Gasteiger partial charge in [-0.1, -0.05) is 54.2 Å². The zero-order chi connectivity index (χ0) is 23.0. The number of hydrogen-bond donors (Lipinski definition) is 3. The van der Waals surface area contributed by atoms with Crippen LogP contribution in [0.5, 0.6) is 0 Å². The molecule has 0 aliphatic rings. The van der Waals surface area contributed by atoms with E-state index in [1.54, 1.807) is 0 Å². The summed E-state index contributed by atoms with van der Waals surface area (Å²) in [6.07, 6.45) is 0. The second-order valence-corrected chi connectivity index (χ2v) is 8.40. The number of nitrogens with one attached hydrogen (secondary N) is 3. The number of anilines is 5. The Bertz CT molecular complexity index is 1150. The predicted molar refractivity (Wildman–Crippen MR) is 135 cm³/mol. The van der Waals surface area contributed by atoms with Gasteiger partial charge in [-0.25, -0.2) is 0 Å². The standard InChI is InChI=1S/C25H24N6OS/c1-17-13-18(2)15-21(14-17)26-22(32)16-33-25-30-23(27-19-9-5-3-6-10-19)29-24(31-25)28-20-11-7-4-8-12-20/h3-15H,16H2,1-2H3,(H,26,32)(H2,27,28,29,30,31). The first-order valence-electron chi connectivity index (χ1n) is 10.4. The quantitative estimate of drug-likeness (QED) is 0.293. The molecule has 0 bridgehead atoms. The summed E-state index contributed by atoms with van der Waals surface area (Å²) < 4.78 is 0. The maximum absolute atomic E-state index is 12.5. The maximum Gasteiger partial charge on any atom is 0.234 e. The van der Waals surface area contributed by atoms with Gasteiger partial charge in [0.1, 0.15) is 0 Å². The molecule has 0 radical (unpaired) electrons. The number of thioether (sulfide) groups is 1. The number of carbonyl (C=O) groups is 1. The molecular weight excluding hydrogens is 432 g/mol. The Labute approximate surface area is 197 Å². The summed E-state index contributed by atoms with van der Waals surface area (Å²) in [5.74, 6) is 0.839. The molecule has 0 spiro atoms. The molecule has 0 atom stereocenters. The fourth-order valence-electron chi connectivity index (χ4n) is 3.21. The molecule has 3 N–H and O–H groups in total. The number of nitrogens with zero attached hydrogens (tertiary/aromatic N) is 3. The highest BCUT2D eigenvalue weighted by Crippen LogP contribution is 2.22. The first-order valence-corrected chi connectivity index (χ1v) is 11.4. The van der Waals surface area contributed by atoms with E-state index in [1.165, 1.54) is 11.8 Å². The van der Waals surface area contributed by atoms with E-state index in [2.05, 4.69) is 37.0 Å². The van der Waals surface area contributed by atoms with E-state index in [9.17, 15) is 4.79 Å². The number of rotatable bonds is 8. The van der Waals surface area contributed by atoms with E-state index >= 15 is 0 Å². The van der Waals surface area contributed by atoms with Crippen LogP contribution in [0.1, 0.15) is 11.1 Å². The largest absolute Gasteiger partial charge is 0.325 e. The number of carbonyl (C=O) groups excluding carboxylic acids is 1. The third kappa shape index (κ3) is 6.78. The van der Waals surface area contributed by atoms with Crippen molar-refractivity contribution in [3.63, 3.8) is 0 Å². The maximum atomic E-state index is 12.5. The summed E-state index contributed by atoms with van der Waals surface area (Å²) in [4.78, 5) is 26.0. The van der Waals surface area contributed by atoms with Crippen LogP contribution in [0.25, 0.3) is 0 Å². The zero-order valence-electron chi connectivity index (χ0n) is 18.4. The van der Waals surface area contributed by atoms with Crippen molar-refractivity contribution >= 4 is 46.6 Å². The number of benzene rings is 3. The van der Waals surface area contributed by atoms with Crippen molar-refractivity contribution < 1.29 is 4.79 Å². The topological polar surface area (TPSA) is 91.8 Å². The van der Waals surface area contributed by atoms with Gasteiger partial charge in [-0.15, -0.1) is 0 Å². The number of amides is 1. The first kappa shape index (κ1) is 22.3. The summed E-state index contributed by atoms with van der Waals surface area (Å²) in [6, 6.07) is 25.3. The monoisotopic (exact) mass is 456 g/mol. The number of aryl methyl sites for hydroxylation is 2. The summed E-state index contributed by atoms with van der Waals surface area (Å²) in [7, 11) is 0. The Morgan fingerprint density at radius 3 is 1.76 bits per heavy atom. The van der Waals surface area contributed by atoms with E-state index in [0.717, 1.165) is 28.2 Å². The van der Waals surface area contributed by atoms with E-state index in [0.29, 0.717) is 17.1 Å². The lowest BCUT2D eigenvalue weighted by atomic mass is 10.1. The molecule has 1 amide bonds. The molecule has 0 saturated carbocycles. The molecule has 4 rings (SSSR count). The highest BCUT2D eigenvalue weighted by molar-refractivity contribution is 7.99. The van der Waals surface area contributed by atoms with Gasteiger partial charge in [0.05, 0.1) is 5.75 Å². The molecule has 1 aromatic heterocycles. The highest BCUT2D eigenvalue weighted by Gasteiger charge is 2.11. The lowest BCUT2D eigenvalue weighted by Crippen LogP contribution is -2.15. The third-order valence-electron chi connectivity index (χ3n) is 4.51. The van der Waals surface area contributed by atoms with Crippen molar-refractivity contribution in [3.8, 4) is 0 Å².